The molecule has 3 aromatic carbocycles. The maximum Gasteiger partial charge on any atom is 0.329 e. The van der Waals surface area contributed by atoms with Gasteiger partial charge in [-0.25, -0.2) is 4.79 Å². The van der Waals surface area contributed by atoms with E-state index in [1.54, 1.807) is 54.6 Å². The molecule has 6 heteroatoms. The Morgan fingerprint density at radius 3 is 2.23 bits per heavy atom. The third kappa shape index (κ3) is 6.52. The molecule has 0 spiro atoms. The molecule has 31 heavy (non-hydrogen) atoms. The van der Waals surface area contributed by atoms with Gasteiger partial charge in [-0.05, 0) is 48.9 Å². The van der Waals surface area contributed by atoms with Gasteiger partial charge in [0.1, 0.15) is 6.04 Å². The molecule has 0 bridgehead atoms. The van der Waals surface area contributed by atoms with Gasteiger partial charge in [-0.3, -0.25) is 9.59 Å². The summed E-state index contributed by atoms with van der Waals surface area (Å²) in [6.07, 6.45) is -0.105. The van der Waals surface area contributed by atoms with E-state index in [0.717, 1.165) is 5.56 Å². The van der Waals surface area contributed by atoms with Crippen molar-refractivity contribution in [1.29, 1.82) is 0 Å². The Labute approximate surface area is 186 Å². The van der Waals surface area contributed by atoms with Crippen molar-refractivity contribution >= 4 is 34.8 Å². The second-order valence-corrected chi connectivity index (χ2v) is 7.53. The van der Waals surface area contributed by atoms with Crippen LogP contribution in [0.4, 0.5) is 5.69 Å². The average molecular weight is 436 g/mol. The van der Waals surface area contributed by atoms with Crippen LogP contribution in [-0.4, -0.2) is 30.2 Å². The highest BCUT2D eigenvalue weighted by molar-refractivity contribution is 6.30. The van der Waals surface area contributed by atoms with Crippen LogP contribution >= 0.6 is 11.6 Å². The predicted octanol–water partition coefficient (Wildman–Crippen LogP) is 5.13. The van der Waals surface area contributed by atoms with Crippen LogP contribution in [0, 0.1) is 6.92 Å². The molecule has 1 atom stereocenters. The topological polar surface area (TPSA) is 72.5 Å². The van der Waals surface area contributed by atoms with E-state index in [0.29, 0.717) is 21.8 Å². The number of carbonyl (C=O) groups excluding carboxylic acids is 3. The van der Waals surface area contributed by atoms with E-state index in [2.05, 4.69) is 5.32 Å². The molecule has 0 aromatic heterocycles. The minimum Gasteiger partial charge on any atom is -0.456 e. The first kappa shape index (κ1) is 22.2. The molecule has 0 aliphatic heterocycles. The molecule has 0 aliphatic rings. The number of halogens is 1. The van der Waals surface area contributed by atoms with Gasteiger partial charge in [0.15, 0.2) is 18.2 Å². The smallest absolute Gasteiger partial charge is 0.329 e. The van der Waals surface area contributed by atoms with E-state index in [1.165, 1.54) is 0 Å². The summed E-state index contributed by atoms with van der Waals surface area (Å²) in [5.41, 5.74) is 2.58. The van der Waals surface area contributed by atoms with Crippen LogP contribution in [0.25, 0.3) is 0 Å². The minimum absolute atomic E-state index is 0.105. The number of Topliss-reactive ketones (excluding diaryl/α,β-unsaturated/α-hetero) is 2. The van der Waals surface area contributed by atoms with E-state index in [9.17, 15) is 14.4 Å². The summed E-state index contributed by atoms with van der Waals surface area (Å²) in [5.74, 6) is -1.23. The zero-order chi connectivity index (χ0) is 22.2. The van der Waals surface area contributed by atoms with Gasteiger partial charge in [0.05, 0.1) is 0 Å². The van der Waals surface area contributed by atoms with Crippen molar-refractivity contribution in [1.82, 2.24) is 0 Å². The van der Waals surface area contributed by atoms with E-state index in [4.69, 9.17) is 16.3 Å². The zero-order valence-corrected chi connectivity index (χ0v) is 17.8. The maximum atomic E-state index is 12.8. The van der Waals surface area contributed by atoms with Gasteiger partial charge in [0.2, 0.25) is 0 Å². The van der Waals surface area contributed by atoms with Crippen molar-refractivity contribution in [3.05, 3.63) is 101 Å². The van der Waals surface area contributed by atoms with Crippen molar-refractivity contribution in [2.75, 3.05) is 11.9 Å². The van der Waals surface area contributed by atoms with Crippen LogP contribution < -0.4 is 5.32 Å². The number of ether oxygens (including phenoxy) is 1. The lowest BCUT2D eigenvalue weighted by Crippen LogP contribution is -2.34. The number of aryl methyl sites for hydroxylation is 1. The van der Waals surface area contributed by atoms with Gasteiger partial charge in [0.25, 0.3) is 0 Å². The first-order chi connectivity index (χ1) is 14.9. The first-order valence-electron chi connectivity index (χ1n) is 9.79. The number of carbonyl (C=O) groups is 3. The van der Waals surface area contributed by atoms with Crippen LogP contribution in [0.5, 0.6) is 0 Å². The average Bonchev–Trinajstić information content (AvgIpc) is 2.78. The Kier molecular flexibility index (Phi) is 7.57. The second-order valence-electron chi connectivity index (χ2n) is 7.10. The van der Waals surface area contributed by atoms with Crippen LogP contribution in [0.1, 0.15) is 32.7 Å². The standard InChI is InChI=1S/C25H22ClNO4/c1-17-6-5-9-21(14-17)27-22(15-23(28)18-7-3-2-4-8-18)25(30)31-16-24(29)19-10-12-20(26)13-11-19/h2-14,22,27H,15-16H2,1H3. The highest BCUT2D eigenvalue weighted by Crippen LogP contribution is 2.16. The molecule has 1 unspecified atom stereocenters. The molecule has 3 aromatic rings. The van der Waals surface area contributed by atoms with E-state index >= 15 is 0 Å². The lowest BCUT2D eigenvalue weighted by atomic mass is 10.0. The summed E-state index contributed by atoms with van der Waals surface area (Å²) in [6.45, 7) is 1.50. The number of hydrogen-bond acceptors (Lipinski definition) is 5. The Balaban J connectivity index is 1.71. The number of benzene rings is 3. The first-order valence-corrected chi connectivity index (χ1v) is 10.2. The van der Waals surface area contributed by atoms with Gasteiger partial charge in [-0.15, -0.1) is 0 Å². The summed E-state index contributed by atoms with van der Waals surface area (Å²) >= 11 is 5.84. The molecule has 1 N–H and O–H groups in total. The molecule has 0 radical (unpaired) electrons. The largest absolute Gasteiger partial charge is 0.456 e. The Morgan fingerprint density at radius 1 is 0.871 bits per heavy atom. The van der Waals surface area contributed by atoms with Crippen LogP contribution in [0.3, 0.4) is 0 Å². The molecule has 158 valence electrons. The number of anilines is 1. The van der Waals surface area contributed by atoms with Crippen LogP contribution in [0.15, 0.2) is 78.9 Å². The van der Waals surface area contributed by atoms with E-state index in [-0.39, 0.29) is 18.0 Å². The van der Waals surface area contributed by atoms with Gasteiger partial charge < -0.3 is 10.1 Å². The monoisotopic (exact) mass is 435 g/mol. The molecular weight excluding hydrogens is 414 g/mol. The number of rotatable bonds is 9. The molecule has 3 rings (SSSR count). The summed E-state index contributed by atoms with van der Waals surface area (Å²) < 4.78 is 5.25. The summed E-state index contributed by atoms with van der Waals surface area (Å²) in [7, 11) is 0. The van der Waals surface area contributed by atoms with Crippen molar-refractivity contribution in [3.63, 3.8) is 0 Å². The molecule has 0 heterocycles. The molecule has 0 saturated heterocycles. The SMILES string of the molecule is Cc1cccc(NC(CC(=O)c2ccccc2)C(=O)OCC(=O)c2ccc(Cl)cc2)c1. The molecule has 0 amide bonds. The second kappa shape index (κ2) is 10.5. The Hall–Kier alpha value is -3.44. The summed E-state index contributed by atoms with van der Waals surface area (Å²) in [4.78, 5) is 37.8. The lowest BCUT2D eigenvalue weighted by molar-refractivity contribution is -0.143. The van der Waals surface area contributed by atoms with Crippen LogP contribution in [-0.2, 0) is 9.53 Å². The number of esters is 1. The Bertz CT molecular complexity index is 1060. The third-order valence-corrected chi connectivity index (χ3v) is 4.89. The zero-order valence-electron chi connectivity index (χ0n) is 17.0. The maximum absolute atomic E-state index is 12.8. The number of nitrogens with one attached hydrogen (secondary N) is 1. The molecule has 0 saturated carbocycles. The predicted molar refractivity (Wildman–Crippen MR) is 121 cm³/mol. The van der Waals surface area contributed by atoms with E-state index < -0.39 is 18.6 Å². The van der Waals surface area contributed by atoms with Gasteiger partial charge in [0, 0.05) is 28.3 Å². The fourth-order valence-electron chi connectivity index (χ4n) is 3.01. The quantitative estimate of drug-likeness (QED) is 0.372. The normalized spacial score (nSPS) is 11.4. The van der Waals surface area contributed by atoms with Crippen molar-refractivity contribution < 1.29 is 19.1 Å². The Morgan fingerprint density at radius 2 is 1.55 bits per heavy atom. The van der Waals surface area contributed by atoms with Crippen molar-refractivity contribution in [3.8, 4) is 0 Å². The summed E-state index contributed by atoms with van der Waals surface area (Å²) in [6, 6.07) is 21.6. The highest BCUT2D eigenvalue weighted by Gasteiger charge is 2.25. The highest BCUT2D eigenvalue weighted by atomic mass is 35.5. The number of hydrogen-bond donors (Lipinski definition) is 1. The third-order valence-electron chi connectivity index (χ3n) is 4.64. The van der Waals surface area contributed by atoms with Gasteiger partial charge >= 0.3 is 5.97 Å². The van der Waals surface area contributed by atoms with Crippen molar-refractivity contribution in [2.24, 2.45) is 0 Å². The lowest BCUT2D eigenvalue weighted by Gasteiger charge is -2.18. The number of ketones is 2. The minimum atomic E-state index is -0.937. The molecular formula is C25H22ClNO4. The fraction of sp³-hybridized carbons (Fsp3) is 0.160. The molecule has 5 nitrogen and oxygen atoms in total. The fourth-order valence-corrected chi connectivity index (χ4v) is 3.14. The summed E-state index contributed by atoms with van der Waals surface area (Å²) in [5, 5.41) is 3.58. The van der Waals surface area contributed by atoms with Crippen molar-refractivity contribution in [2.45, 2.75) is 19.4 Å². The molecule has 0 fully saturated rings. The van der Waals surface area contributed by atoms with E-state index in [1.807, 2.05) is 31.2 Å². The van der Waals surface area contributed by atoms with Gasteiger partial charge in [-0.1, -0.05) is 54.1 Å². The van der Waals surface area contributed by atoms with Gasteiger partial charge in [-0.2, -0.15) is 0 Å². The van der Waals surface area contributed by atoms with Crippen LogP contribution in [0.2, 0.25) is 5.02 Å². The molecule has 0 aliphatic carbocycles.